The summed E-state index contributed by atoms with van der Waals surface area (Å²) in [7, 11) is 0. The van der Waals surface area contributed by atoms with E-state index < -0.39 is 0 Å². The van der Waals surface area contributed by atoms with Crippen LogP contribution in [-0.2, 0) is 0 Å². The van der Waals surface area contributed by atoms with Gasteiger partial charge < -0.3 is 9.47 Å². The second-order valence-corrected chi connectivity index (χ2v) is 6.76. The van der Waals surface area contributed by atoms with Crippen molar-refractivity contribution in [3.63, 3.8) is 0 Å². The minimum atomic E-state index is -0.0314. The Bertz CT molecular complexity index is 544. The lowest BCUT2D eigenvalue weighted by atomic mass is 9.74. The zero-order valence-electron chi connectivity index (χ0n) is 13.3. The summed E-state index contributed by atoms with van der Waals surface area (Å²) in [5.74, 6) is 2.03. The van der Waals surface area contributed by atoms with E-state index in [2.05, 4.69) is 26.1 Å². The molecule has 0 bridgehead atoms. The number of rotatable bonds is 4. The molecule has 3 nitrogen and oxygen atoms in total. The van der Waals surface area contributed by atoms with Crippen LogP contribution in [0, 0.1) is 11.3 Å². The Hall–Kier alpha value is -2.00. The van der Waals surface area contributed by atoms with E-state index in [1.54, 1.807) is 0 Å². The monoisotopic (exact) mass is 297 g/mol. The van der Waals surface area contributed by atoms with Crippen LogP contribution in [0.5, 0.6) is 11.5 Å². The Balaban J connectivity index is 1.69. The molecule has 1 saturated heterocycles. The first kappa shape index (κ1) is 14.9. The fourth-order valence-corrected chi connectivity index (χ4v) is 2.82. The molecular weight excluding hydrogens is 274 g/mol. The molecule has 1 aliphatic heterocycles. The van der Waals surface area contributed by atoms with Gasteiger partial charge in [-0.05, 0) is 29.7 Å². The van der Waals surface area contributed by atoms with Gasteiger partial charge in [-0.15, -0.1) is 0 Å². The van der Waals surface area contributed by atoms with E-state index in [9.17, 15) is 0 Å². The minimum Gasteiger partial charge on any atom is -0.475 e. The van der Waals surface area contributed by atoms with E-state index in [1.165, 1.54) is 0 Å². The highest BCUT2D eigenvalue weighted by atomic mass is 16.5. The van der Waals surface area contributed by atoms with Crippen molar-refractivity contribution in [2.24, 2.45) is 11.3 Å². The van der Waals surface area contributed by atoms with Crippen molar-refractivity contribution < 1.29 is 9.47 Å². The quantitative estimate of drug-likeness (QED) is 0.923. The number of hydrogen-bond acceptors (Lipinski definition) is 3. The van der Waals surface area contributed by atoms with Crippen LogP contribution in [0.2, 0.25) is 0 Å². The van der Waals surface area contributed by atoms with E-state index in [1.807, 2.05) is 60.7 Å². The van der Waals surface area contributed by atoms with Crippen LogP contribution in [0.25, 0.3) is 0 Å². The first-order chi connectivity index (χ1) is 10.5. The lowest BCUT2D eigenvalue weighted by molar-refractivity contribution is -0.144. The fraction of sp³-hybridized carbons (Fsp3) is 0.368. The highest BCUT2D eigenvalue weighted by Crippen LogP contribution is 2.39. The molecule has 0 saturated carbocycles. The third-order valence-corrected chi connectivity index (χ3v) is 3.99. The SMILES string of the molecule is CC(C)(C)C1C(Oc2ccccc2)NC1Oc1ccccc1. The molecule has 2 atom stereocenters. The van der Waals surface area contributed by atoms with Gasteiger partial charge in [0, 0.05) is 0 Å². The first-order valence-corrected chi connectivity index (χ1v) is 7.73. The van der Waals surface area contributed by atoms with Crippen LogP contribution in [0.1, 0.15) is 20.8 Å². The van der Waals surface area contributed by atoms with Crippen molar-refractivity contribution in [1.82, 2.24) is 5.32 Å². The van der Waals surface area contributed by atoms with Gasteiger partial charge in [-0.25, -0.2) is 5.32 Å². The van der Waals surface area contributed by atoms with Gasteiger partial charge in [0.05, 0.1) is 5.92 Å². The molecule has 2 unspecified atom stereocenters. The van der Waals surface area contributed by atoms with Crippen LogP contribution in [0.4, 0.5) is 0 Å². The summed E-state index contributed by atoms with van der Waals surface area (Å²) in [5.41, 5.74) is 0.0874. The Kier molecular flexibility index (Phi) is 4.08. The summed E-state index contributed by atoms with van der Waals surface area (Å²) >= 11 is 0. The summed E-state index contributed by atoms with van der Waals surface area (Å²) in [4.78, 5) is 0. The molecule has 0 radical (unpaired) electrons. The predicted octanol–water partition coefficient (Wildman–Crippen LogP) is 4.06. The lowest BCUT2D eigenvalue weighted by Gasteiger charge is -2.50. The summed E-state index contributed by atoms with van der Waals surface area (Å²) < 4.78 is 12.1. The van der Waals surface area contributed by atoms with E-state index in [-0.39, 0.29) is 23.8 Å². The van der Waals surface area contributed by atoms with E-state index in [0.717, 1.165) is 11.5 Å². The summed E-state index contributed by atoms with van der Waals surface area (Å²) in [6, 6.07) is 19.8. The summed E-state index contributed by atoms with van der Waals surface area (Å²) in [6.07, 6.45) is -0.0628. The van der Waals surface area contributed by atoms with Crippen molar-refractivity contribution >= 4 is 0 Å². The summed E-state index contributed by atoms with van der Waals surface area (Å²) in [6.45, 7) is 6.67. The highest BCUT2D eigenvalue weighted by molar-refractivity contribution is 5.23. The standard InChI is InChI=1S/C19H23NO2/c1-19(2,3)16-17(21-14-10-6-4-7-11-14)20-18(16)22-15-12-8-5-9-13-15/h4-13,16-18,20H,1-3H3. The van der Waals surface area contributed by atoms with Crippen molar-refractivity contribution in [2.75, 3.05) is 0 Å². The zero-order valence-corrected chi connectivity index (χ0v) is 13.3. The normalized spacial score (nSPS) is 24.4. The van der Waals surface area contributed by atoms with Gasteiger partial charge in [0.1, 0.15) is 11.5 Å². The molecule has 0 aliphatic carbocycles. The van der Waals surface area contributed by atoms with Gasteiger partial charge in [-0.3, -0.25) is 0 Å². The van der Waals surface area contributed by atoms with Gasteiger partial charge >= 0.3 is 0 Å². The molecule has 3 rings (SSSR count). The van der Waals surface area contributed by atoms with Crippen LogP contribution in [-0.4, -0.2) is 12.5 Å². The molecule has 1 heterocycles. The van der Waals surface area contributed by atoms with Gasteiger partial charge in [-0.1, -0.05) is 57.2 Å². The molecule has 1 N–H and O–H groups in total. The number of benzene rings is 2. The minimum absolute atomic E-state index is 0.0314. The van der Waals surface area contributed by atoms with Gasteiger partial charge in [0.25, 0.3) is 0 Å². The van der Waals surface area contributed by atoms with Gasteiger partial charge in [-0.2, -0.15) is 0 Å². The Labute approximate surface area is 132 Å². The van der Waals surface area contributed by atoms with Crippen LogP contribution in [0.3, 0.4) is 0 Å². The Morgan fingerprint density at radius 2 is 1.14 bits per heavy atom. The smallest absolute Gasteiger partial charge is 0.161 e. The van der Waals surface area contributed by atoms with E-state index >= 15 is 0 Å². The number of hydrogen-bond donors (Lipinski definition) is 1. The predicted molar refractivity (Wildman–Crippen MR) is 87.8 cm³/mol. The Morgan fingerprint density at radius 3 is 1.50 bits per heavy atom. The maximum atomic E-state index is 6.07. The average Bonchev–Trinajstić information content (AvgIpc) is 2.46. The number of nitrogens with one attached hydrogen (secondary N) is 1. The molecule has 2 aromatic carbocycles. The van der Waals surface area contributed by atoms with Crippen molar-refractivity contribution in [1.29, 1.82) is 0 Å². The molecule has 3 heteroatoms. The molecule has 116 valence electrons. The molecule has 2 aromatic rings. The maximum Gasteiger partial charge on any atom is 0.161 e. The largest absolute Gasteiger partial charge is 0.475 e. The second-order valence-electron chi connectivity index (χ2n) is 6.76. The van der Waals surface area contributed by atoms with Crippen LogP contribution < -0.4 is 14.8 Å². The fourth-order valence-electron chi connectivity index (χ4n) is 2.82. The number of ether oxygens (including phenoxy) is 2. The van der Waals surface area contributed by atoms with E-state index in [4.69, 9.17) is 9.47 Å². The summed E-state index contributed by atoms with van der Waals surface area (Å²) in [5, 5.41) is 3.39. The second kappa shape index (κ2) is 6.01. The highest BCUT2D eigenvalue weighted by Gasteiger charge is 2.50. The van der Waals surface area contributed by atoms with Crippen molar-refractivity contribution in [3.8, 4) is 11.5 Å². The van der Waals surface area contributed by atoms with Crippen LogP contribution >= 0.6 is 0 Å². The number of para-hydroxylation sites is 2. The van der Waals surface area contributed by atoms with Crippen molar-refractivity contribution in [3.05, 3.63) is 60.7 Å². The zero-order chi connectivity index (χ0) is 15.6. The average molecular weight is 297 g/mol. The van der Waals surface area contributed by atoms with E-state index in [0.29, 0.717) is 0 Å². The topological polar surface area (TPSA) is 30.5 Å². The molecule has 0 spiro atoms. The molecular formula is C19H23NO2. The van der Waals surface area contributed by atoms with Crippen molar-refractivity contribution in [2.45, 2.75) is 33.2 Å². The molecule has 22 heavy (non-hydrogen) atoms. The molecule has 0 aromatic heterocycles. The van der Waals surface area contributed by atoms with Gasteiger partial charge in [0.15, 0.2) is 12.5 Å². The third kappa shape index (κ3) is 3.25. The first-order valence-electron chi connectivity index (χ1n) is 7.73. The van der Waals surface area contributed by atoms with Gasteiger partial charge in [0.2, 0.25) is 0 Å². The molecule has 0 amide bonds. The molecule has 1 fully saturated rings. The lowest BCUT2D eigenvalue weighted by Crippen LogP contribution is -2.69. The third-order valence-electron chi connectivity index (χ3n) is 3.99. The Morgan fingerprint density at radius 1 is 0.727 bits per heavy atom. The molecule has 1 aliphatic rings. The van der Waals surface area contributed by atoms with Crippen LogP contribution in [0.15, 0.2) is 60.7 Å². The maximum absolute atomic E-state index is 6.07.